The zero-order valence-electron chi connectivity index (χ0n) is 16.9. The lowest BCUT2D eigenvalue weighted by Gasteiger charge is -2.11. The second-order valence-electron chi connectivity index (χ2n) is 7.02. The van der Waals surface area contributed by atoms with E-state index in [0.29, 0.717) is 11.3 Å². The summed E-state index contributed by atoms with van der Waals surface area (Å²) in [4.78, 5) is 17.7. The smallest absolute Gasteiger partial charge is 0.343 e. The third kappa shape index (κ3) is 4.97. The van der Waals surface area contributed by atoms with Crippen molar-refractivity contribution in [1.82, 2.24) is 9.55 Å². The number of hydrogen-bond donors (Lipinski definition) is 0. The first-order valence-corrected chi connectivity index (χ1v) is 11.5. The van der Waals surface area contributed by atoms with Gasteiger partial charge in [0.15, 0.2) is 0 Å². The number of halogens is 2. The monoisotopic (exact) mass is 538 g/mol. The quantitative estimate of drug-likeness (QED) is 0.190. The van der Waals surface area contributed by atoms with Gasteiger partial charge in [0.2, 0.25) is 0 Å². The van der Waals surface area contributed by atoms with E-state index < -0.39 is 5.97 Å². The summed E-state index contributed by atoms with van der Waals surface area (Å²) < 4.78 is 9.88. The Balaban J connectivity index is 1.79. The Kier molecular flexibility index (Phi) is 6.68. The van der Waals surface area contributed by atoms with Crippen LogP contribution in [0.1, 0.15) is 35.1 Å². The summed E-state index contributed by atoms with van der Waals surface area (Å²) in [6, 6.07) is 22.8. The summed E-state index contributed by atoms with van der Waals surface area (Å²) >= 11 is 6.86. The third-order valence-corrected chi connectivity index (χ3v) is 5.86. The third-order valence-electron chi connectivity index (χ3n) is 4.80. The van der Waals surface area contributed by atoms with Gasteiger partial charge in [0.05, 0.1) is 16.6 Å². The Morgan fingerprint density at radius 2 is 1.55 bits per heavy atom. The molecule has 4 nitrogen and oxygen atoms in total. The van der Waals surface area contributed by atoms with E-state index in [-0.39, 0.29) is 0 Å². The summed E-state index contributed by atoms with van der Waals surface area (Å²) in [5, 5.41) is 0. The van der Waals surface area contributed by atoms with Crippen LogP contribution >= 0.6 is 31.9 Å². The zero-order valence-corrected chi connectivity index (χ0v) is 20.1. The molecule has 0 aliphatic heterocycles. The van der Waals surface area contributed by atoms with Crippen LogP contribution in [0, 0.1) is 0 Å². The number of fused-ring (bicyclic) bond motifs is 1. The maximum atomic E-state index is 12.9. The number of nitrogens with zero attached hydrogens (tertiary/aromatic N) is 2. The van der Waals surface area contributed by atoms with Gasteiger partial charge in [0.25, 0.3) is 0 Å². The molecule has 0 aliphatic carbocycles. The maximum absolute atomic E-state index is 12.9. The van der Waals surface area contributed by atoms with Crippen molar-refractivity contribution in [3.63, 3.8) is 0 Å². The van der Waals surface area contributed by atoms with Gasteiger partial charge in [-0.25, -0.2) is 9.78 Å². The topological polar surface area (TPSA) is 44.1 Å². The van der Waals surface area contributed by atoms with Gasteiger partial charge < -0.3 is 9.30 Å². The van der Waals surface area contributed by atoms with Crippen molar-refractivity contribution < 1.29 is 9.53 Å². The fourth-order valence-corrected chi connectivity index (χ4v) is 3.84. The van der Waals surface area contributed by atoms with Crippen LogP contribution in [0.4, 0.5) is 0 Å². The van der Waals surface area contributed by atoms with Crippen LogP contribution in [0.25, 0.3) is 22.9 Å². The van der Waals surface area contributed by atoms with Crippen molar-refractivity contribution >= 4 is 60.7 Å². The Morgan fingerprint density at radius 1 is 0.935 bits per heavy atom. The molecule has 6 heteroatoms. The van der Waals surface area contributed by atoms with Crippen LogP contribution in [-0.2, 0) is 11.3 Å². The molecule has 0 bridgehead atoms. The van der Waals surface area contributed by atoms with E-state index in [2.05, 4.69) is 49.4 Å². The molecule has 156 valence electrons. The molecule has 0 radical (unpaired) electrons. The first-order valence-electron chi connectivity index (χ1n) is 9.96. The van der Waals surface area contributed by atoms with Crippen LogP contribution in [0.5, 0.6) is 0 Å². The van der Waals surface area contributed by atoms with Gasteiger partial charge in [-0.2, -0.15) is 0 Å². The first-order chi connectivity index (χ1) is 15.0. The number of carbonyl (C=O) groups excluding carboxylic acids is 1. The Hall–Kier alpha value is -2.70. The number of aromatic nitrogens is 2. The molecule has 0 amide bonds. The zero-order chi connectivity index (χ0) is 21.8. The van der Waals surface area contributed by atoms with E-state index in [1.54, 1.807) is 12.1 Å². The SMILES string of the molecule is CCCn1c(/C=C(/OC(=O)c2ccc(Br)cc2)c2ccc(Br)cc2)nc2ccccc21. The van der Waals surface area contributed by atoms with Crippen molar-refractivity contribution in [2.24, 2.45) is 0 Å². The highest BCUT2D eigenvalue weighted by Gasteiger charge is 2.15. The van der Waals surface area contributed by atoms with E-state index >= 15 is 0 Å². The molecule has 3 aromatic carbocycles. The number of aryl methyl sites for hydroxylation is 1. The standard InChI is InChI=1S/C25H20Br2N2O2/c1-2-15-29-22-6-4-3-5-21(22)28-24(29)16-23(17-7-11-19(26)12-8-17)31-25(30)18-9-13-20(27)14-10-18/h3-14,16H,2,15H2,1H3/b23-16+. The molecule has 0 spiro atoms. The summed E-state index contributed by atoms with van der Waals surface area (Å²) in [6.45, 7) is 2.95. The molecule has 1 heterocycles. The molecule has 1 aromatic heterocycles. The van der Waals surface area contributed by atoms with Crippen molar-refractivity contribution in [2.45, 2.75) is 19.9 Å². The van der Waals surface area contributed by atoms with Gasteiger partial charge in [-0.05, 0) is 55.0 Å². The molecule has 0 atom stereocenters. The van der Waals surface area contributed by atoms with Crippen LogP contribution in [0.3, 0.4) is 0 Å². The largest absolute Gasteiger partial charge is 0.422 e. The number of carbonyl (C=O) groups is 1. The van der Waals surface area contributed by atoms with Crippen LogP contribution in [0.15, 0.2) is 81.7 Å². The van der Waals surface area contributed by atoms with Gasteiger partial charge in [-0.3, -0.25) is 0 Å². The predicted octanol–water partition coefficient (Wildman–Crippen LogP) is 7.33. The van der Waals surface area contributed by atoms with E-state index in [9.17, 15) is 4.79 Å². The van der Waals surface area contributed by atoms with Gasteiger partial charge in [0, 0.05) is 27.1 Å². The van der Waals surface area contributed by atoms with Gasteiger partial charge in [-0.15, -0.1) is 0 Å². The summed E-state index contributed by atoms with van der Waals surface area (Å²) in [6.07, 6.45) is 2.81. The predicted molar refractivity (Wildman–Crippen MR) is 132 cm³/mol. The minimum absolute atomic E-state index is 0.417. The van der Waals surface area contributed by atoms with E-state index in [4.69, 9.17) is 9.72 Å². The minimum Gasteiger partial charge on any atom is -0.422 e. The lowest BCUT2D eigenvalue weighted by molar-refractivity contribution is 0.0693. The number of hydrogen-bond acceptors (Lipinski definition) is 3. The average Bonchev–Trinajstić information content (AvgIpc) is 3.12. The molecule has 0 unspecified atom stereocenters. The van der Waals surface area contributed by atoms with Crippen LogP contribution in [0.2, 0.25) is 0 Å². The van der Waals surface area contributed by atoms with Crippen molar-refractivity contribution in [3.8, 4) is 0 Å². The number of esters is 1. The lowest BCUT2D eigenvalue weighted by Crippen LogP contribution is -2.06. The highest BCUT2D eigenvalue weighted by atomic mass is 79.9. The molecule has 0 saturated heterocycles. The number of rotatable bonds is 6. The second kappa shape index (κ2) is 9.62. The van der Waals surface area contributed by atoms with E-state index in [0.717, 1.165) is 44.3 Å². The fraction of sp³-hybridized carbons (Fsp3) is 0.120. The number of imidazole rings is 1. The maximum Gasteiger partial charge on any atom is 0.343 e. The normalized spacial score (nSPS) is 11.6. The molecule has 0 aliphatic rings. The minimum atomic E-state index is -0.417. The molecule has 4 rings (SSSR count). The molecular formula is C25H20Br2N2O2. The summed E-state index contributed by atoms with van der Waals surface area (Å²) in [5.41, 5.74) is 3.25. The molecule has 0 N–H and O–H groups in total. The molecule has 0 saturated carbocycles. The molecule has 0 fully saturated rings. The Bertz CT molecular complexity index is 1240. The summed E-state index contributed by atoms with van der Waals surface area (Å²) in [5.74, 6) is 0.789. The number of para-hydroxylation sites is 2. The first kappa shape index (κ1) is 21.5. The van der Waals surface area contributed by atoms with Crippen molar-refractivity contribution in [1.29, 1.82) is 0 Å². The fourth-order valence-electron chi connectivity index (χ4n) is 3.31. The molecule has 31 heavy (non-hydrogen) atoms. The van der Waals surface area contributed by atoms with Crippen molar-refractivity contribution in [3.05, 3.63) is 98.7 Å². The Morgan fingerprint density at radius 3 is 2.19 bits per heavy atom. The number of benzene rings is 3. The number of ether oxygens (including phenoxy) is 1. The van der Waals surface area contributed by atoms with Gasteiger partial charge >= 0.3 is 5.97 Å². The van der Waals surface area contributed by atoms with Crippen LogP contribution < -0.4 is 0 Å². The van der Waals surface area contributed by atoms with E-state index in [1.165, 1.54) is 0 Å². The molecule has 4 aromatic rings. The van der Waals surface area contributed by atoms with Gasteiger partial charge in [0.1, 0.15) is 11.6 Å². The van der Waals surface area contributed by atoms with E-state index in [1.807, 2.05) is 60.7 Å². The summed E-state index contributed by atoms with van der Waals surface area (Å²) in [7, 11) is 0. The lowest BCUT2D eigenvalue weighted by atomic mass is 10.1. The average molecular weight is 540 g/mol. The van der Waals surface area contributed by atoms with Crippen molar-refractivity contribution in [2.75, 3.05) is 0 Å². The highest BCUT2D eigenvalue weighted by molar-refractivity contribution is 9.10. The molecular weight excluding hydrogens is 520 g/mol. The second-order valence-corrected chi connectivity index (χ2v) is 8.85. The van der Waals surface area contributed by atoms with Gasteiger partial charge in [-0.1, -0.05) is 63.0 Å². The van der Waals surface area contributed by atoms with Crippen LogP contribution in [-0.4, -0.2) is 15.5 Å². The highest BCUT2D eigenvalue weighted by Crippen LogP contribution is 2.26. The Labute approximate surface area is 197 Å².